The lowest BCUT2D eigenvalue weighted by atomic mass is 10.1. The minimum atomic E-state index is -3.05. The molecule has 0 bridgehead atoms. The molecule has 3 aromatic heterocycles. The molecule has 1 aromatic carbocycles. The number of nitrogens with zero attached hydrogens (tertiary/aromatic N) is 3. The Morgan fingerprint density at radius 3 is 2.71 bits per heavy atom. The number of fused-ring (bicyclic) bond motifs is 1. The molecule has 0 saturated heterocycles. The predicted octanol–water partition coefficient (Wildman–Crippen LogP) is 5.14. The van der Waals surface area contributed by atoms with Crippen LogP contribution in [0.15, 0.2) is 54.9 Å². The van der Waals surface area contributed by atoms with Gasteiger partial charge in [-0.25, -0.2) is 18.2 Å². The summed E-state index contributed by atoms with van der Waals surface area (Å²) in [4.78, 5) is 8.06. The second-order valence-electron chi connectivity index (χ2n) is 6.12. The van der Waals surface area contributed by atoms with E-state index in [-0.39, 0.29) is 17.2 Å². The number of pyridine rings is 2. The quantitative estimate of drug-likeness (QED) is 0.498. The molecular formula is C19H14F3N5O. The van der Waals surface area contributed by atoms with E-state index in [9.17, 15) is 13.2 Å². The molecule has 0 radical (unpaired) electrons. The normalized spacial score (nSPS) is 11.6. The Kier molecular flexibility index (Phi) is 4.34. The zero-order valence-electron chi connectivity index (χ0n) is 14.6. The molecule has 4 rings (SSSR count). The number of halogens is 3. The summed E-state index contributed by atoms with van der Waals surface area (Å²) in [6.07, 6.45) is 2.81. The highest BCUT2D eigenvalue weighted by Gasteiger charge is 2.25. The van der Waals surface area contributed by atoms with Crippen LogP contribution in [0.1, 0.15) is 12.5 Å². The lowest BCUT2D eigenvalue weighted by molar-refractivity contribution is 0.0171. The van der Waals surface area contributed by atoms with Crippen molar-refractivity contribution < 1.29 is 17.9 Å². The van der Waals surface area contributed by atoms with Crippen LogP contribution in [-0.2, 0) is 5.92 Å². The predicted molar refractivity (Wildman–Crippen MR) is 97.5 cm³/mol. The maximum atomic E-state index is 14.4. The molecule has 0 aliphatic heterocycles. The SMILES string of the molecule is CC(F)(F)c1ccnc(Oc2ccc(Nc3n[nH]c4cccnc34)cc2F)c1. The monoisotopic (exact) mass is 385 g/mol. The highest BCUT2D eigenvalue weighted by atomic mass is 19.3. The summed E-state index contributed by atoms with van der Waals surface area (Å²) < 4.78 is 46.6. The topological polar surface area (TPSA) is 75.7 Å². The summed E-state index contributed by atoms with van der Waals surface area (Å²) in [7, 11) is 0. The number of aromatic amines is 1. The fraction of sp³-hybridized carbons (Fsp3) is 0.105. The van der Waals surface area contributed by atoms with Crippen LogP contribution in [0.5, 0.6) is 11.6 Å². The molecule has 3 heterocycles. The Labute approximate surface area is 157 Å². The third-order valence-electron chi connectivity index (χ3n) is 3.97. The highest BCUT2D eigenvalue weighted by Crippen LogP contribution is 2.31. The lowest BCUT2D eigenvalue weighted by Crippen LogP contribution is -2.07. The van der Waals surface area contributed by atoms with E-state index in [0.29, 0.717) is 17.0 Å². The van der Waals surface area contributed by atoms with Gasteiger partial charge in [-0.05, 0) is 30.3 Å². The zero-order chi connectivity index (χ0) is 19.7. The average molecular weight is 385 g/mol. The number of anilines is 2. The van der Waals surface area contributed by atoms with E-state index in [1.807, 2.05) is 6.07 Å². The van der Waals surface area contributed by atoms with Crippen molar-refractivity contribution in [2.24, 2.45) is 0 Å². The standard InChI is InChI=1S/C19H14F3N5O/c1-19(21,22)11-6-8-23-16(9-11)28-15-5-4-12(10-13(15)20)25-18-17-14(26-27-18)3-2-7-24-17/h2-10H,1H3,(H2,25,26,27). The van der Waals surface area contributed by atoms with Crippen molar-refractivity contribution in [3.8, 4) is 11.6 Å². The molecule has 0 aliphatic rings. The van der Waals surface area contributed by atoms with E-state index in [2.05, 4.69) is 25.5 Å². The van der Waals surface area contributed by atoms with E-state index in [0.717, 1.165) is 18.5 Å². The number of ether oxygens (including phenoxy) is 1. The van der Waals surface area contributed by atoms with Gasteiger partial charge in [0.25, 0.3) is 5.92 Å². The van der Waals surface area contributed by atoms with Crippen LogP contribution in [0, 0.1) is 5.82 Å². The van der Waals surface area contributed by atoms with Crippen LogP contribution in [0.4, 0.5) is 24.7 Å². The van der Waals surface area contributed by atoms with Gasteiger partial charge in [-0.15, -0.1) is 0 Å². The molecule has 0 atom stereocenters. The summed E-state index contributed by atoms with van der Waals surface area (Å²) in [6.45, 7) is 0.765. The van der Waals surface area contributed by atoms with E-state index in [1.165, 1.54) is 24.4 Å². The van der Waals surface area contributed by atoms with Crippen molar-refractivity contribution in [1.82, 2.24) is 20.2 Å². The smallest absolute Gasteiger partial charge is 0.270 e. The van der Waals surface area contributed by atoms with Crippen molar-refractivity contribution in [2.75, 3.05) is 5.32 Å². The fourth-order valence-corrected chi connectivity index (χ4v) is 2.59. The van der Waals surface area contributed by atoms with Gasteiger partial charge in [0.2, 0.25) is 5.88 Å². The molecule has 2 N–H and O–H groups in total. The number of hydrogen-bond acceptors (Lipinski definition) is 5. The third-order valence-corrected chi connectivity index (χ3v) is 3.97. The third kappa shape index (κ3) is 3.59. The van der Waals surface area contributed by atoms with Gasteiger partial charge in [0.1, 0.15) is 5.52 Å². The van der Waals surface area contributed by atoms with Crippen LogP contribution in [0.3, 0.4) is 0 Å². The average Bonchev–Trinajstić information content (AvgIpc) is 3.07. The van der Waals surface area contributed by atoms with Crippen LogP contribution >= 0.6 is 0 Å². The lowest BCUT2D eigenvalue weighted by Gasteiger charge is -2.12. The van der Waals surface area contributed by atoms with Crippen molar-refractivity contribution in [2.45, 2.75) is 12.8 Å². The molecule has 28 heavy (non-hydrogen) atoms. The zero-order valence-corrected chi connectivity index (χ0v) is 14.6. The number of H-pyrrole nitrogens is 1. The summed E-state index contributed by atoms with van der Waals surface area (Å²) in [6, 6.07) is 9.99. The number of nitrogens with one attached hydrogen (secondary N) is 2. The second kappa shape index (κ2) is 6.84. The minimum absolute atomic E-state index is 0.124. The van der Waals surface area contributed by atoms with Crippen LogP contribution < -0.4 is 10.1 Å². The Hall–Kier alpha value is -3.62. The van der Waals surface area contributed by atoms with E-state index in [1.54, 1.807) is 18.3 Å². The van der Waals surface area contributed by atoms with Gasteiger partial charge in [-0.1, -0.05) is 0 Å². The maximum Gasteiger partial charge on any atom is 0.270 e. The molecule has 0 amide bonds. The van der Waals surface area contributed by atoms with E-state index in [4.69, 9.17) is 4.74 Å². The molecule has 142 valence electrons. The first-order valence-electron chi connectivity index (χ1n) is 8.28. The summed E-state index contributed by atoms with van der Waals surface area (Å²) in [5.41, 5.74) is 1.51. The Morgan fingerprint density at radius 2 is 1.93 bits per heavy atom. The van der Waals surface area contributed by atoms with Gasteiger partial charge in [0.15, 0.2) is 17.4 Å². The molecular weight excluding hydrogens is 371 g/mol. The summed E-state index contributed by atoms with van der Waals surface area (Å²) in [5.74, 6) is -3.55. The number of alkyl halides is 2. The van der Waals surface area contributed by atoms with Gasteiger partial charge in [0.05, 0.1) is 5.52 Å². The Bertz CT molecular complexity index is 1140. The number of benzene rings is 1. The molecule has 0 saturated carbocycles. The molecule has 4 aromatic rings. The van der Waals surface area contributed by atoms with Gasteiger partial charge < -0.3 is 10.1 Å². The van der Waals surface area contributed by atoms with Gasteiger partial charge in [-0.2, -0.15) is 5.10 Å². The summed E-state index contributed by atoms with van der Waals surface area (Å²) in [5, 5.41) is 9.90. The van der Waals surface area contributed by atoms with Crippen molar-refractivity contribution >= 4 is 22.5 Å². The molecule has 0 spiro atoms. The Balaban J connectivity index is 1.55. The van der Waals surface area contributed by atoms with Crippen molar-refractivity contribution in [1.29, 1.82) is 0 Å². The number of rotatable bonds is 5. The summed E-state index contributed by atoms with van der Waals surface area (Å²) >= 11 is 0. The van der Waals surface area contributed by atoms with Crippen LogP contribution in [0.2, 0.25) is 0 Å². The molecule has 0 unspecified atom stereocenters. The number of aromatic nitrogens is 4. The van der Waals surface area contributed by atoms with E-state index < -0.39 is 11.7 Å². The Morgan fingerprint density at radius 1 is 1.07 bits per heavy atom. The van der Waals surface area contributed by atoms with Gasteiger partial charge >= 0.3 is 0 Å². The van der Waals surface area contributed by atoms with Crippen LogP contribution in [-0.4, -0.2) is 20.2 Å². The number of hydrogen-bond donors (Lipinski definition) is 2. The second-order valence-corrected chi connectivity index (χ2v) is 6.12. The molecule has 0 aliphatic carbocycles. The van der Waals surface area contributed by atoms with Crippen molar-refractivity contribution in [3.05, 3.63) is 66.2 Å². The van der Waals surface area contributed by atoms with Crippen LogP contribution in [0.25, 0.3) is 11.0 Å². The molecule has 9 heteroatoms. The van der Waals surface area contributed by atoms with Gasteiger partial charge in [-0.3, -0.25) is 10.1 Å². The minimum Gasteiger partial charge on any atom is -0.436 e. The van der Waals surface area contributed by atoms with E-state index >= 15 is 0 Å². The first kappa shape index (κ1) is 17.8. The highest BCUT2D eigenvalue weighted by molar-refractivity contribution is 5.87. The fourth-order valence-electron chi connectivity index (χ4n) is 2.59. The molecule has 6 nitrogen and oxygen atoms in total. The first-order chi connectivity index (χ1) is 13.4. The maximum absolute atomic E-state index is 14.4. The van der Waals surface area contributed by atoms with Crippen molar-refractivity contribution in [3.63, 3.8) is 0 Å². The first-order valence-corrected chi connectivity index (χ1v) is 8.28. The largest absolute Gasteiger partial charge is 0.436 e. The molecule has 0 fully saturated rings. The van der Waals surface area contributed by atoms with Gasteiger partial charge in [0, 0.05) is 42.7 Å².